The van der Waals surface area contributed by atoms with Gasteiger partial charge in [-0.2, -0.15) is 0 Å². The predicted octanol–water partition coefficient (Wildman–Crippen LogP) is 1.31. The predicted molar refractivity (Wildman–Crippen MR) is 60.6 cm³/mol. The number of benzene rings is 1. The molecule has 1 aromatic carbocycles. The fraction of sp³-hybridized carbons (Fsp3) is 0.455. The Morgan fingerprint density at radius 2 is 2.06 bits per heavy atom. The van der Waals surface area contributed by atoms with Crippen molar-refractivity contribution in [1.29, 1.82) is 0 Å². The van der Waals surface area contributed by atoms with E-state index in [9.17, 15) is 14.6 Å². The van der Waals surface area contributed by atoms with Crippen LogP contribution < -0.4 is 5.73 Å². The van der Waals surface area contributed by atoms with Crippen LogP contribution in [0.1, 0.15) is 23.7 Å². The Labute approximate surface area is 98.7 Å². The van der Waals surface area contributed by atoms with Crippen LogP contribution in [-0.2, 0) is 6.54 Å². The Balaban J connectivity index is 2.92. The van der Waals surface area contributed by atoms with Crippen molar-refractivity contribution < 1.29 is 14.6 Å². The molecular formula is C11H15ClFNO2. The molecule has 4 N–H and O–H groups in total. The van der Waals surface area contributed by atoms with Crippen molar-refractivity contribution in [2.75, 3.05) is 5.88 Å². The molecule has 0 spiro atoms. The number of nitrogens with two attached hydrogens (primary N) is 1. The van der Waals surface area contributed by atoms with Crippen LogP contribution in [0.15, 0.2) is 18.2 Å². The second kappa shape index (κ2) is 6.15. The number of hydrogen-bond donors (Lipinski definition) is 3. The smallest absolute Gasteiger partial charge is 0.129 e. The third-order valence-electron chi connectivity index (χ3n) is 2.38. The summed E-state index contributed by atoms with van der Waals surface area (Å²) in [6, 6.07) is 4.23. The molecular weight excluding hydrogens is 233 g/mol. The van der Waals surface area contributed by atoms with E-state index in [4.69, 9.17) is 17.3 Å². The average Bonchev–Trinajstić information content (AvgIpc) is 2.29. The van der Waals surface area contributed by atoms with Gasteiger partial charge < -0.3 is 15.9 Å². The molecule has 0 saturated carbocycles. The molecule has 16 heavy (non-hydrogen) atoms. The van der Waals surface area contributed by atoms with Gasteiger partial charge in [0.15, 0.2) is 0 Å². The van der Waals surface area contributed by atoms with Crippen molar-refractivity contribution >= 4 is 11.6 Å². The molecule has 2 atom stereocenters. The highest BCUT2D eigenvalue weighted by molar-refractivity contribution is 6.17. The number of rotatable bonds is 5. The van der Waals surface area contributed by atoms with Gasteiger partial charge in [0.2, 0.25) is 0 Å². The van der Waals surface area contributed by atoms with Crippen LogP contribution in [0.4, 0.5) is 4.39 Å². The Hall–Kier alpha value is -0.680. The quantitative estimate of drug-likeness (QED) is 0.688. The number of aliphatic hydroxyl groups excluding tert-OH is 2. The Bertz CT molecular complexity index is 349. The Kier molecular flexibility index (Phi) is 5.15. The van der Waals surface area contributed by atoms with Crippen LogP contribution in [0.5, 0.6) is 0 Å². The molecule has 0 bridgehead atoms. The van der Waals surface area contributed by atoms with Gasteiger partial charge in [-0.25, -0.2) is 4.39 Å². The zero-order valence-electron chi connectivity index (χ0n) is 8.74. The van der Waals surface area contributed by atoms with E-state index >= 15 is 0 Å². The monoisotopic (exact) mass is 247 g/mol. The van der Waals surface area contributed by atoms with Gasteiger partial charge in [-0.3, -0.25) is 0 Å². The molecule has 5 heteroatoms. The third kappa shape index (κ3) is 3.15. The third-order valence-corrected chi connectivity index (χ3v) is 2.60. The minimum Gasteiger partial charge on any atom is -0.390 e. The Morgan fingerprint density at radius 3 is 2.62 bits per heavy atom. The maximum absolute atomic E-state index is 13.4. The first-order chi connectivity index (χ1) is 7.60. The standard InChI is InChI=1S/C11H15ClFNO2/c12-4-3-10(15)11(16)8-5-7(6-14)1-2-9(8)13/h1-2,5,10-11,15-16H,3-4,6,14H2. The van der Waals surface area contributed by atoms with Crippen LogP contribution in [0.2, 0.25) is 0 Å². The van der Waals surface area contributed by atoms with Crippen molar-refractivity contribution in [2.45, 2.75) is 25.2 Å². The van der Waals surface area contributed by atoms with Crippen molar-refractivity contribution in [1.82, 2.24) is 0 Å². The molecule has 90 valence electrons. The van der Waals surface area contributed by atoms with Crippen molar-refractivity contribution in [2.24, 2.45) is 5.73 Å². The zero-order chi connectivity index (χ0) is 12.1. The summed E-state index contributed by atoms with van der Waals surface area (Å²) >= 11 is 5.44. The zero-order valence-corrected chi connectivity index (χ0v) is 9.49. The largest absolute Gasteiger partial charge is 0.390 e. The van der Waals surface area contributed by atoms with Crippen LogP contribution in [-0.4, -0.2) is 22.2 Å². The normalized spacial score (nSPS) is 14.8. The minimum absolute atomic E-state index is 0.0561. The van der Waals surface area contributed by atoms with Crippen molar-refractivity contribution in [3.05, 3.63) is 35.1 Å². The lowest BCUT2D eigenvalue weighted by Crippen LogP contribution is -2.20. The average molecular weight is 248 g/mol. The molecule has 0 fully saturated rings. The van der Waals surface area contributed by atoms with E-state index < -0.39 is 18.0 Å². The second-order valence-electron chi connectivity index (χ2n) is 3.55. The first-order valence-corrected chi connectivity index (χ1v) is 5.54. The van der Waals surface area contributed by atoms with Crippen LogP contribution in [0.3, 0.4) is 0 Å². The first kappa shape index (κ1) is 13.4. The number of aliphatic hydroxyl groups is 2. The maximum atomic E-state index is 13.4. The fourth-order valence-electron chi connectivity index (χ4n) is 1.42. The van der Waals surface area contributed by atoms with Gasteiger partial charge in [0.05, 0.1) is 6.10 Å². The summed E-state index contributed by atoms with van der Waals surface area (Å²) in [6.45, 7) is 0.256. The van der Waals surface area contributed by atoms with E-state index in [2.05, 4.69) is 0 Å². The van der Waals surface area contributed by atoms with Gasteiger partial charge >= 0.3 is 0 Å². The van der Waals surface area contributed by atoms with E-state index in [1.807, 2.05) is 0 Å². The summed E-state index contributed by atoms with van der Waals surface area (Å²) in [5.41, 5.74) is 6.17. The number of halogens is 2. The topological polar surface area (TPSA) is 66.5 Å². The molecule has 0 aromatic heterocycles. The summed E-state index contributed by atoms with van der Waals surface area (Å²) in [7, 11) is 0. The lowest BCUT2D eigenvalue weighted by molar-refractivity contribution is 0.0149. The SMILES string of the molecule is NCc1ccc(F)c(C(O)C(O)CCCl)c1. The molecule has 2 unspecified atom stereocenters. The molecule has 0 radical (unpaired) electrons. The highest BCUT2D eigenvalue weighted by Gasteiger charge is 2.21. The summed E-state index contributed by atoms with van der Waals surface area (Å²) in [5.74, 6) is -0.352. The summed E-state index contributed by atoms with van der Waals surface area (Å²) in [5, 5.41) is 19.3. The molecule has 1 rings (SSSR count). The lowest BCUT2D eigenvalue weighted by atomic mass is 10.00. The van der Waals surface area contributed by atoms with E-state index in [1.165, 1.54) is 12.1 Å². The van der Waals surface area contributed by atoms with Crippen LogP contribution in [0.25, 0.3) is 0 Å². The molecule has 1 aromatic rings. The lowest BCUT2D eigenvalue weighted by Gasteiger charge is -2.18. The number of alkyl halides is 1. The minimum atomic E-state index is -1.27. The van der Waals surface area contributed by atoms with E-state index in [0.717, 1.165) is 0 Å². The van der Waals surface area contributed by atoms with Gasteiger partial charge in [-0.1, -0.05) is 6.07 Å². The van der Waals surface area contributed by atoms with Crippen LogP contribution >= 0.6 is 11.6 Å². The molecule has 0 saturated heterocycles. The van der Waals surface area contributed by atoms with Gasteiger partial charge in [-0.15, -0.1) is 11.6 Å². The van der Waals surface area contributed by atoms with Gasteiger partial charge in [0.1, 0.15) is 11.9 Å². The van der Waals surface area contributed by atoms with Gasteiger partial charge in [0.25, 0.3) is 0 Å². The van der Waals surface area contributed by atoms with Crippen molar-refractivity contribution in [3.8, 4) is 0 Å². The van der Waals surface area contributed by atoms with Crippen molar-refractivity contribution in [3.63, 3.8) is 0 Å². The van der Waals surface area contributed by atoms with E-state index in [1.54, 1.807) is 6.07 Å². The van der Waals surface area contributed by atoms with E-state index in [0.29, 0.717) is 5.56 Å². The molecule has 0 heterocycles. The highest BCUT2D eigenvalue weighted by Crippen LogP contribution is 2.23. The number of hydrogen-bond acceptors (Lipinski definition) is 3. The second-order valence-corrected chi connectivity index (χ2v) is 3.93. The summed E-state index contributed by atoms with van der Waals surface area (Å²) < 4.78 is 13.4. The fourth-order valence-corrected chi connectivity index (χ4v) is 1.65. The molecule has 3 nitrogen and oxygen atoms in total. The van der Waals surface area contributed by atoms with E-state index in [-0.39, 0.29) is 24.4 Å². The van der Waals surface area contributed by atoms with Crippen LogP contribution in [0, 0.1) is 5.82 Å². The van der Waals surface area contributed by atoms with Gasteiger partial charge in [-0.05, 0) is 24.1 Å². The molecule has 0 amide bonds. The molecule has 0 aliphatic rings. The summed E-state index contributed by atoms with van der Waals surface area (Å²) in [6.07, 6.45) is -2.14. The summed E-state index contributed by atoms with van der Waals surface area (Å²) in [4.78, 5) is 0. The first-order valence-electron chi connectivity index (χ1n) is 5.00. The Morgan fingerprint density at radius 1 is 1.38 bits per heavy atom. The maximum Gasteiger partial charge on any atom is 0.129 e. The highest BCUT2D eigenvalue weighted by atomic mass is 35.5. The molecule has 0 aliphatic carbocycles. The van der Waals surface area contributed by atoms with Gasteiger partial charge in [0, 0.05) is 18.0 Å². The molecule has 0 aliphatic heterocycles.